The standard InChI is InChI=1S/C27H30N4O6S2/c1-17-12-23(30-37-17)29-24(32)14-38-15-25(33)31(19-9-10-20-21(13-19)36-16-35-20)26(22-8-5-11-39-22)27(34)28-18-6-3-2-4-7-18/h5,8-13,18,26H,2-4,6-7,14-16H2,1H3,(H,28,34)(H,29,30,32)/t26-/m1/s1. The lowest BCUT2D eigenvalue weighted by atomic mass is 9.95. The van der Waals surface area contributed by atoms with Gasteiger partial charge in [-0.25, -0.2) is 0 Å². The summed E-state index contributed by atoms with van der Waals surface area (Å²) in [7, 11) is 0. The molecule has 0 spiro atoms. The molecule has 1 aliphatic heterocycles. The summed E-state index contributed by atoms with van der Waals surface area (Å²) in [6.07, 6.45) is 5.18. The predicted octanol–water partition coefficient (Wildman–Crippen LogP) is 4.67. The number of amides is 3. The second-order valence-electron chi connectivity index (χ2n) is 9.43. The molecule has 12 heteroatoms. The van der Waals surface area contributed by atoms with Crippen LogP contribution < -0.4 is 25.0 Å². The minimum Gasteiger partial charge on any atom is -0.454 e. The van der Waals surface area contributed by atoms with Crippen LogP contribution in [-0.4, -0.2) is 47.2 Å². The molecule has 206 valence electrons. The van der Waals surface area contributed by atoms with Crippen LogP contribution >= 0.6 is 23.1 Å². The number of hydrogen-bond acceptors (Lipinski definition) is 9. The van der Waals surface area contributed by atoms with Gasteiger partial charge in [-0.2, -0.15) is 0 Å². The minimum atomic E-state index is -0.868. The summed E-state index contributed by atoms with van der Waals surface area (Å²) in [5, 5.41) is 11.5. The molecule has 1 saturated carbocycles. The number of aromatic nitrogens is 1. The second kappa shape index (κ2) is 12.6. The van der Waals surface area contributed by atoms with E-state index in [-0.39, 0.29) is 42.1 Å². The van der Waals surface area contributed by atoms with Gasteiger partial charge in [0.1, 0.15) is 11.8 Å². The van der Waals surface area contributed by atoms with Crippen molar-refractivity contribution in [2.24, 2.45) is 0 Å². The number of benzene rings is 1. The van der Waals surface area contributed by atoms with Crippen LogP contribution in [0.1, 0.15) is 48.8 Å². The Morgan fingerprint density at radius 1 is 1.10 bits per heavy atom. The van der Waals surface area contributed by atoms with Gasteiger partial charge in [-0.3, -0.25) is 19.3 Å². The molecule has 3 heterocycles. The first-order chi connectivity index (χ1) is 19.0. The Kier molecular flexibility index (Phi) is 8.72. The Balaban J connectivity index is 1.36. The van der Waals surface area contributed by atoms with Crippen molar-refractivity contribution in [3.63, 3.8) is 0 Å². The molecule has 5 rings (SSSR count). The quantitative estimate of drug-likeness (QED) is 0.361. The van der Waals surface area contributed by atoms with E-state index in [4.69, 9.17) is 14.0 Å². The number of aryl methyl sites for hydroxylation is 1. The van der Waals surface area contributed by atoms with Crippen molar-refractivity contribution in [1.82, 2.24) is 10.5 Å². The van der Waals surface area contributed by atoms with Gasteiger partial charge in [0, 0.05) is 28.7 Å². The molecular formula is C27H30N4O6S2. The van der Waals surface area contributed by atoms with E-state index >= 15 is 0 Å². The van der Waals surface area contributed by atoms with Gasteiger partial charge in [-0.05, 0) is 43.3 Å². The Morgan fingerprint density at radius 2 is 1.92 bits per heavy atom. The molecule has 10 nitrogen and oxygen atoms in total. The third-order valence-electron chi connectivity index (χ3n) is 6.53. The number of rotatable bonds is 10. The van der Waals surface area contributed by atoms with Crippen molar-refractivity contribution < 1.29 is 28.4 Å². The van der Waals surface area contributed by atoms with Crippen molar-refractivity contribution in [3.05, 3.63) is 52.4 Å². The summed E-state index contributed by atoms with van der Waals surface area (Å²) in [5.74, 6) is 1.18. The van der Waals surface area contributed by atoms with Crippen molar-refractivity contribution in [3.8, 4) is 11.5 Å². The Hall–Kier alpha value is -3.51. The Labute approximate surface area is 234 Å². The molecule has 3 amide bonds. The van der Waals surface area contributed by atoms with Gasteiger partial charge in [0.05, 0.1) is 11.5 Å². The molecule has 0 bridgehead atoms. The molecule has 1 fully saturated rings. The lowest BCUT2D eigenvalue weighted by Crippen LogP contribution is -2.47. The summed E-state index contributed by atoms with van der Waals surface area (Å²) >= 11 is 2.58. The molecular weight excluding hydrogens is 540 g/mol. The van der Waals surface area contributed by atoms with Crippen LogP contribution in [0.2, 0.25) is 0 Å². The van der Waals surface area contributed by atoms with Crippen molar-refractivity contribution in [2.45, 2.75) is 51.1 Å². The summed E-state index contributed by atoms with van der Waals surface area (Å²) in [4.78, 5) is 42.3. The molecule has 39 heavy (non-hydrogen) atoms. The molecule has 2 aromatic heterocycles. The highest BCUT2D eigenvalue weighted by atomic mass is 32.2. The lowest BCUT2D eigenvalue weighted by Gasteiger charge is -2.32. The van der Waals surface area contributed by atoms with E-state index in [2.05, 4.69) is 15.8 Å². The summed E-state index contributed by atoms with van der Waals surface area (Å²) < 4.78 is 16.0. The summed E-state index contributed by atoms with van der Waals surface area (Å²) in [5.41, 5.74) is 0.518. The molecule has 0 saturated heterocycles. The fourth-order valence-electron chi connectivity index (χ4n) is 4.72. The molecule has 1 aliphatic carbocycles. The van der Waals surface area contributed by atoms with Crippen LogP contribution in [-0.2, 0) is 14.4 Å². The first-order valence-electron chi connectivity index (χ1n) is 12.8. The molecule has 2 N–H and O–H groups in total. The third kappa shape index (κ3) is 6.74. The number of anilines is 2. The first kappa shape index (κ1) is 27.1. The fourth-order valence-corrected chi connectivity index (χ4v) is 6.21. The molecule has 2 aliphatic rings. The number of thiophene rings is 1. The minimum absolute atomic E-state index is 0.0156. The molecule has 0 radical (unpaired) electrons. The number of nitrogens with zero attached hydrogens (tertiary/aromatic N) is 2. The fraction of sp³-hybridized carbons (Fsp3) is 0.407. The van der Waals surface area contributed by atoms with Gasteiger partial charge in [0.15, 0.2) is 17.3 Å². The number of thioether (sulfide) groups is 1. The highest BCUT2D eigenvalue weighted by Crippen LogP contribution is 2.39. The number of nitrogens with one attached hydrogen (secondary N) is 2. The normalized spacial score (nSPS) is 15.5. The lowest BCUT2D eigenvalue weighted by molar-refractivity contribution is -0.126. The highest BCUT2D eigenvalue weighted by Gasteiger charge is 2.35. The van der Waals surface area contributed by atoms with Gasteiger partial charge in [-0.15, -0.1) is 23.1 Å². The zero-order valence-electron chi connectivity index (χ0n) is 21.5. The first-order valence-corrected chi connectivity index (χ1v) is 14.9. The topological polar surface area (TPSA) is 123 Å². The molecule has 0 unspecified atom stereocenters. The van der Waals surface area contributed by atoms with Gasteiger partial charge >= 0.3 is 0 Å². The third-order valence-corrected chi connectivity index (χ3v) is 8.37. The predicted molar refractivity (Wildman–Crippen MR) is 149 cm³/mol. The zero-order valence-corrected chi connectivity index (χ0v) is 23.1. The monoisotopic (exact) mass is 570 g/mol. The van der Waals surface area contributed by atoms with Gasteiger partial charge in [-0.1, -0.05) is 30.5 Å². The zero-order chi connectivity index (χ0) is 27.2. The van der Waals surface area contributed by atoms with E-state index in [9.17, 15) is 14.4 Å². The summed E-state index contributed by atoms with van der Waals surface area (Å²) in [6, 6.07) is 9.78. The van der Waals surface area contributed by atoms with Crippen LogP contribution in [0, 0.1) is 6.92 Å². The maximum atomic E-state index is 13.8. The highest BCUT2D eigenvalue weighted by molar-refractivity contribution is 8.00. The molecule has 1 atom stereocenters. The number of carbonyl (C=O) groups excluding carboxylic acids is 3. The Bertz CT molecular complexity index is 1310. The van der Waals surface area contributed by atoms with Crippen molar-refractivity contribution in [2.75, 3.05) is 28.5 Å². The second-order valence-corrected chi connectivity index (χ2v) is 11.4. The van der Waals surface area contributed by atoms with Crippen LogP contribution in [0.3, 0.4) is 0 Å². The largest absolute Gasteiger partial charge is 0.454 e. The van der Waals surface area contributed by atoms with Crippen LogP contribution in [0.15, 0.2) is 46.3 Å². The number of ether oxygens (including phenoxy) is 2. The van der Waals surface area contributed by atoms with E-state index in [0.29, 0.717) is 28.8 Å². The maximum Gasteiger partial charge on any atom is 0.248 e. The van der Waals surface area contributed by atoms with Gasteiger partial charge in [0.2, 0.25) is 24.5 Å². The van der Waals surface area contributed by atoms with Crippen LogP contribution in [0.25, 0.3) is 0 Å². The molecule has 1 aromatic carbocycles. The smallest absolute Gasteiger partial charge is 0.248 e. The molecule has 3 aromatic rings. The van der Waals surface area contributed by atoms with Gasteiger partial charge in [0.25, 0.3) is 0 Å². The average Bonchev–Trinajstić information content (AvgIpc) is 3.70. The van der Waals surface area contributed by atoms with E-state index in [1.54, 1.807) is 31.2 Å². The van der Waals surface area contributed by atoms with Crippen molar-refractivity contribution >= 4 is 52.3 Å². The van der Waals surface area contributed by atoms with E-state index in [1.807, 2.05) is 17.5 Å². The maximum absolute atomic E-state index is 13.8. The summed E-state index contributed by atoms with van der Waals surface area (Å²) in [6.45, 7) is 1.83. The van der Waals surface area contributed by atoms with E-state index in [1.165, 1.54) is 22.7 Å². The van der Waals surface area contributed by atoms with Gasteiger partial charge < -0.3 is 24.6 Å². The SMILES string of the molecule is Cc1cc(NC(=O)CSCC(=O)N(c2ccc3c(c2)OCO3)[C@@H](C(=O)NC2CCCCC2)c2cccs2)no1. The number of hydrogen-bond donors (Lipinski definition) is 2. The van der Waals surface area contributed by atoms with Crippen molar-refractivity contribution in [1.29, 1.82) is 0 Å². The van der Waals surface area contributed by atoms with E-state index in [0.717, 1.165) is 42.3 Å². The average molecular weight is 571 g/mol. The Morgan fingerprint density at radius 3 is 2.67 bits per heavy atom. The van der Waals surface area contributed by atoms with Crippen LogP contribution in [0.5, 0.6) is 11.5 Å². The number of carbonyl (C=O) groups is 3. The van der Waals surface area contributed by atoms with E-state index < -0.39 is 6.04 Å². The van der Waals surface area contributed by atoms with Crippen LogP contribution in [0.4, 0.5) is 11.5 Å². The number of fused-ring (bicyclic) bond motifs is 1.